The Kier molecular flexibility index (Phi) is 4.69. The zero-order valence-electron chi connectivity index (χ0n) is 7.33. The molecule has 0 bridgehead atoms. The van der Waals surface area contributed by atoms with Crippen molar-refractivity contribution in [3.8, 4) is 0 Å². The monoisotopic (exact) mass is 386 g/mol. The van der Waals surface area contributed by atoms with Crippen LogP contribution in [0.2, 0.25) is 0 Å². The fourth-order valence-corrected chi connectivity index (χ4v) is 4.32. The van der Waals surface area contributed by atoms with Gasteiger partial charge in [-0.05, 0) is 57.3 Å². The lowest BCUT2D eigenvalue weighted by Gasteiger charge is -2.03. The minimum absolute atomic E-state index is 0.929. The van der Waals surface area contributed by atoms with E-state index in [-0.39, 0.29) is 0 Å². The van der Waals surface area contributed by atoms with Crippen LogP contribution in [0.1, 0.15) is 19.4 Å². The summed E-state index contributed by atoms with van der Waals surface area (Å²) < 4.78 is 2.35. The smallest absolute Gasteiger partial charge is 0.0785 e. The lowest BCUT2D eigenvalue weighted by Crippen LogP contribution is -1.84. The van der Waals surface area contributed by atoms with E-state index in [2.05, 4.69) is 67.7 Å². The molecule has 0 nitrogen and oxygen atoms in total. The molecule has 0 aliphatic rings. The average molecular weight is 389 g/mol. The highest BCUT2D eigenvalue weighted by Gasteiger charge is 2.08. The Hall–Kier alpha value is 0.880. The van der Waals surface area contributed by atoms with Gasteiger partial charge in [-0.25, -0.2) is 0 Å². The fraction of sp³-hybridized carbons (Fsp3) is 0.333. The summed E-state index contributed by atoms with van der Waals surface area (Å²) in [6.45, 7) is 4.29. The van der Waals surface area contributed by atoms with Gasteiger partial charge in [0.2, 0.25) is 0 Å². The molecule has 0 saturated heterocycles. The van der Waals surface area contributed by atoms with Gasteiger partial charge in [-0.1, -0.05) is 21.5 Å². The Morgan fingerprint density at radius 2 is 2.00 bits per heavy atom. The van der Waals surface area contributed by atoms with Crippen molar-refractivity contribution in [3.05, 3.63) is 24.8 Å². The Morgan fingerprint density at radius 3 is 2.38 bits per heavy atom. The number of allylic oxidation sites excluding steroid dienone is 2. The topological polar surface area (TPSA) is 0 Å². The molecule has 13 heavy (non-hydrogen) atoms. The summed E-state index contributed by atoms with van der Waals surface area (Å²) in [5, 5.41) is 0.929. The second-order valence-corrected chi connectivity index (χ2v) is 7.09. The van der Waals surface area contributed by atoms with Crippen LogP contribution in [0.5, 0.6) is 0 Å². The Balaban J connectivity index is 3.15. The van der Waals surface area contributed by atoms with Crippen molar-refractivity contribution in [2.75, 3.05) is 5.33 Å². The minimum Gasteiger partial charge on any atom is -0.121 e. The van der Waals surface area contributed by atoms with Gasteiger partial charge < -0.3 is 0 Å². The number of alkyl halides is 1. The fourth-order valence-electron chi connectivity index (χ4n) is 0.926. The first-order chi connectivity index (χ1) is 6.06. The molecule has 1 aromatic rings. The first kappa shape index (κ1) is 12.0. The summed E-state index contributed by atoms with van der Waals surface area (Å²) in [5.41, 5.74) is 3.99. The summed E-state index contributed by atoms with van der Waals surface area (Å²) in [5.74, 6) is 0. The second-order valence-electron chi connectivity index (χ2n) is 2.78. The molecule has 0 unspecified atom stereocenters. The summed E-state index contributed by atoms with van der Waals surface area (Å²) in [4.78, 5) is 0. The van der Waals surface area contributed by atoms with Gasteiger partial charge in [0.1, 0.15) is 0 Å². The van der Waals surface area contributed by atoms with Crippen LogP contribution in [0.15, 0.2) is 19.2 Å². The van der Waals surface area contributed by atoms with Gasteiger partial charge in [-0.3, -0.25) is 0 Å². The van der Waals surface area contributed by atoms with Crippen molar-refractivity contribution >= 4 is 64.7 Å². The molecule has 0 spiro atoms. The molecule has 0 aliphatic carbocycles. The molecule has 0 saturated carbocycles. The maximum Gasteiger partial charge on any atom is 0.0785 e. The summed E-state index contributed by atoms with van der Waals surface area (Å²) in [6, 6.07) is 2.15. The van der Waals surface area contributed by atoms with E-state index in [1.807, 2.05) is 0 Å². The quantitative estimate of drug-likeness (QED) is 0.590. The highest BCUT2D eigenvalue weighted by Crippen LogP contribution is 2.36. The molecular weight excluding hydrogens is 380 g/mol. The summed E-state index contributed by atoms with van der Waals surface area (Å²) in [6.07, 6.45) is 0. The van der Waals surface area contributed by atoms with Crippen LogP contribution in [-0.4, -0.2) is 5.33 Å². The van der Waals surface area contributed by atoms with Gasteiger partial charge >= 0.3 is 0 Å². The van der Waals surface area contributed by atoms with Crippen molar-refractivity contribution in [1.29, 1.82) is 0 Å². The van der Waals surface area contributed by atoms with Crippen molar-refractivity contribution in [2.45, 2.75) is 13.8 Å². The zero-order valence-corrected chi connectivity index (χ0v) is 12.9. The third-order valence-corrected chi connectivity index (χ3v) is 5.08. The van der Waals surface area contributed by atoms with E-state index < -0.39 is 0 Å². The van der Waals surface area contributed by atoms with Gasteiger partial charge in [0.15, 0.2) is 0 Å². The van der Waals surface area contributed by atoms with E-state index in [0.717, 1.165) is 9.12 Å². The van der Waals surface area contributed by atoms with Gasteiger partial charge in [0, 0.05) is 10.9 Å². The van der Waals surface area contributed by atoms with E-state index in [9.17, 15) is 0 Å². The minimum atomic E-state index is 0.929. The van der Waals surface area contributed by atoms with E-state index in [1.54, 1.807) is 11.3 Å². The van der Waals surface area contributed by atoms with Crippen molar-refractivity contribution < 1.29 is 0 Å². The number of hydrogen-bond acceptors (Lipinski definition) is 1. The van der Waals surface area contributed by atoms with Crippen LogP contribution in [0.25, 0.3) is 5.57 Å². The van der Waals surface area contributed by atoms with E-state index >= 15 is 0 Å². The molecule has 0 N–H and O–H groups in total. The molecular formula is C9H9Br3S. The molecule has 0 aromatic carbocycles. The number of rotatable bonds is 2. The van der Waals surface area contributed by atoms with Gasteiger partial charge in [-0.15, -0.1) is 11.3 Å². The normalized spacial score (nSPS) is 13.0. The van der Waals surface area contributed by atoms with Crippen LogP contribution in [0, 0.1) is 0 Å². The highest BCUT2D eigenvalue weighted by atomic mass is 79.9. The average Bonchev–Trinajstić information content (AvgIpc) is 2.42. The maximum absolute atomic E-state index is 3.55. The molecule has 72 valence electrons. The largest absolute Gasteiger partial charge is 0.121 e. The Labute approximate surface area is 108 Å². The third kappa shape index (κ3) is 2.91. The third-order valence-electron chi connectivity index (χ3n) is 1.90. The number of thiophene rings is 1. The molecule has 0 atom stereocenters. The molecule has 0 fully saturated rings. The number of hydrogen-bond donors (Lipinski definition) is 0. The Bertz CT molecular complexity index is 339. The maximum atomic E-state index is 3.55. The predicted molar refractivity (Wildman–Crippen MR) is 71.8 cm³/mol. The molecule has 1 aromatic heterocycles. The van der Waals surface area contributed by atoms with Crippen LogP contribution >= 0.6 is 59.1 Å². The SMILES string of the molecule is CC(CBr)=C(C)c1cc(Br)sc1Br. The van der Waals surface area contributed by atoms with Gasteiger partial charge in [-0.2, -0.15) is 0 Å². The van der Waals surface area contributed by atoms with Crippen LogP contribution < -0.4 is 0 Å². The molecule has 1 heterocycles. The van der Waals surface area contributed by atoms with Crippen LogP contribution in [0.3, 0.4) is 0 Å². The highest BCUT2D eigenvalue weighted by molar-refractivity contribution is 9.12. The van der Waals surface area contributed by atoms with Crippen LogP contribution in [0.4, 0.5) is 0 Å². The zero-order chi connectivity index (χ0) is 10.0. The van der Waals surface area contributed by atoms with Gasteiger partial charge in [0.25, 0.3) is 0 Å². The summed E-state index contributed by atoms with van der Waals surface area (Å²) in [7, 11) is 0. The number of halogens is 3. The van der Waals surface area contributed by atoms with E-state index in [4.69, 9.17) is 0 Å². The van der Waals surface area contributed by atoms with Gasteiger partial charge in [0.05, 0.1) is 7.57 Å². The predicted octanol–water partition coefficient (Wildman–Crippen LogP) is 5.46. The Morgan fingerprint density at radius 1 is 1.38 bits per heavy atom. The molecule has 4 heteroatoms. The van der Waals surface area contributed by atoms with E-state index in [0.29, 0.717) is 0 Å². The van der Waals surface area contributed by atoms with Crippen LogP contribution in [-0.2, 0) is 0 Å². The van der Waals surface area contributed by atoms with Crippen molar-refractivity contribution in [3.63, 3.8) is 0 Å². The first-order valence-corrected chi connectivity index (χ1v) is 7.26. The molecule has 0 amide bonds. The molecule has 0 radical (unpaired) electrons. The second kappa shape index (κ2) is 5.10. The standard InChI is InChI=1S/C9H9Br3S/c1-5(4-10)6(2)7-3-8(11)13-9(7)12/h3H,4H2,1-2H3. The molecule has 1 rings (SSSR count). The lowest BCUT2D eigenvalue weighted by atomic mass is 10.1. The van der Waals surface area contributed by atoms with Crippen molar-refractivity contribution in [2.24, 2.45) is 0 Å². The van der Waals surface area contributed by atoms with E-state index in [1.165, 1.54) is 20.5 Å². The summed E-state index contributed by atoms with van der Waals surface area (Å²) >= 11 is 12.2. The lowest BCUT2D eigenvalue weighted by molar-refractivity contribution is 1.39. The molecule has 0 aliphatic heterocycles. The first-order valence-electron chi connectivity index (χ1n) is 3.73. The van der Waals surface area contributed by atoms with Crippen molar-refractivity contribution in [1.82, 2.24) is 0 Å².